The van der Waals surface area contributed by atoms with E-state index in [2.05, 4.69) is 25.3 Å². The summed E-state index contributed by atoms with van der Waals surface area (Å²) < 4.78 is 38.8. The van der Waals surface area contributed by atoms with Crippen molar-refractivity contribution >= 4 is 17.5 Å². The van der Waals surface area contributed by atoms with Crippen LogP contribution in [0.4, 0.5) is 24.8 Å². The molecule has 1 unspecified atom stereocenters. The maximum Gasteiger partial charge on any atom is 0.408 e. The number of alkyl halides is 3. The summed E-state index contributed by atoms with van der Waals surface area (Å²) in [5.74, 6) is 1.53. The van der Waals surface area contributed by atoms with E-state index in [9.17, 15) is 23.1 Å². The Kier molecular flexibility index (Phi) is 6.62. The van der Waals surface area contributed by atoms with E-state index in [0.717, 1.165) is 17.5 Å². The average molecular weight is 530 g/mol. The standard InChI is InChI=1S/C26H30F3N7O2/c1-15-11-35(12-16(2)25(15,3)38)22-9-21(32-23(34-22)17-7-8-17)33-24(37)20-6-4-5-19(31-20)18-10-30-36(13-18)14-26(27,28)29/h4-6,9-10,13,15-17,38H,7-8,11-12,14H2,1-3H3,(H,32,33,34,37)/t15-,16+,25?. The summed E-state index contributed by atoms with van der Waals surface area (Å²) in [4.78, 5) is 28.9. The Morgan fingerprint density at radius 1 is 1.16 bits per heavy atom. The van der Waals surface area contributed by atoms with E-state index in [4.69, 9.17) is 4.98 Å². The van der Waals surface area contributed by atoms with E-state index < -0.39 is 24.2 Å². The number of nitrogens with one attached hydrogen (secondary N) is 1. The molecule has 3 aromatic rings. The molecular formula is C26H30F3N7O2. The van der Waals surface area contributed by atoms with Gasteiger partial charge in [-0.05, 0) is 31.9 Å². The van der Waals surface area contributed by atoms with Gasteiger partial charge in [-0.1, -0.05) is 19.9 Å². The van der Waals surface area contributed by atoms with Gasteiger partial charge < -0.3 is 15.3 Å². The fourth-order valence-corrected chi connectivity index (χ4v) is 4.65. The normalized spacial score (nSPS) is 23.9. The zero-order valence-electron chi connectivity index (χ0n) is 21.4. The monoisotopic (exact) mass is 529 g/mol. The predicted molar refractivity (Wildman–Crippen MR) is 135 cm³/mol. The molecule has 0 spiro atoms. The summed E-state index contributed by atoms with van der Waals surface area (Å²) in [5, 5.41) is 17.4. The van der Waals surface area contributed by atoms with Crippen LogP contribution >= 0.6 is 0 Å². The quantitative estimate of drug-likeness (QED) is 0.491. The largest absolute Gasteiger partial charge is 0.408 e. The number of nitrogens with zero attached hydrogens (tertiary/aromatic N) is 6. The Morgan fingerprint density at radius 2 is 1.87 bits per heavy atom. The van der Waals surface area contributed by atoms with Crippen molar-refractivity contribution < 1.29 is 23.1 Å². The third-order valence-corrected chi connectivity index (χ3v) is 7.47. The molecule has 38 heavy (non-hydrogen) atoms. The molecule has 1 saturated heterocycles. The van der Waals surface area contributed by atoms with Crippen molar-refractivity contribution in [3.8, 4) is 11.3 Å². The molecule has 12 heteroatoms. The first kappa shape index (κ1) is 26.1. The molecule has 202 valence electrons. The highest BCUT2D eigenvalue weighted by Gasteiger charge is 2.41. The molecule has 4 heterocycles. The third kappa shape index (κ3) is 5.64. The molecule has 0 aromatic carbocycles. The van der Waals surface area contributed by atoms with E-state index in [0.29, 0.717) is 41.8 Å². The number of halogens is 3. The van der Waals surface area contributed by atoms with Gasteiger partial charge in [0, 0.05) is 48.7 Å². The molecule has 2 fully saturated rings. The molecule has 9 nitrogen and oxygen atoms in total. The lowest BCUT2D eigenvalue weighted by Gasteiger charge is -2.46. The molecule has 0 bridgehead atoms. The fraction of sp³-hybridized carbons (Fsp3) is 0.500. The Labute approximate surface area is 218 Å². The number of aromatic nitrogens is 5. The maximum atomic E-state index is 13.1. The summed E-state index contributed by atoms with van der Waals surface area (Å²) in [6.07, 6.45) is 0.116. The van der Waals surface area contributed by atoms with Crippen molar-refractivity contribution in [1.29, 1.82) is 0 Å². The summed E-state index contributed by atoms with van der Waals surface area (Å²) in [5.41, 5.74) is 0.0141. The molecule has 3 atom stereocenters. The Morgan fingerprint density at radius 3 is 2.53 bits per heavy atom. The van der Waals surface area contributed by atoms with E-state index in [1.807, 2.05) is 20.8 Å². The Balaban J connectivity index is 1.36. The number of pyridine rings is 1. The maximum absolute atomic E-state index is 13.1. The first-order valence-corrected chi connectivity index (χ1v) is 12.6. The first-order chi connectivity index (χ1) is 17.9. The van der Waals surface area contributed by atoms with Crippen LogP contribution in [0.2, 0.25) is 0 Å². The zero-order valence-corrected chi connectivity index (χ0v) is 21.4. The molecule has 1 saturated carbocycles. The van der Waals surface area contributed by atoms with E-state index in [1.54, 1.807) is 18.2 Å². The summed E-state index contributed by atoms with van der Waals surface area (Å²) >= 11 is 0. The number of carbonyl (C=O) groups is 1. The lowest BCUT2D eigenvalue weighted by atomic mass is 9.76. The smallest absolute Gasteiger partial charge is 0.389 e. The van der Waals surface area contributed by atoms with Gasteiger partial charge in [0.1, 0.15) is 29.7 Å². The summed E-state index contributed by atoms with van der Waals surface area (Å²) in [6.45, 7) is 5.93. The van der Waals surface area contributed by atoms with Gasteiger partial charge in [-0.25, -0.2) is 15.0 Å². The van der Waals surface area contributed by atoms with Gasteiger partial charge in [-0.15, -0.1) is 0 Å². The number of piperidine rings is 1. The number of anilines is 2. The molecule has 5 rings (SSSR count). The molecule has 0 radical (unpaired) electrons. The number of rotatable bonds is 6. The van der Waals surface area contributed by atoms with Gasteiger partial charge in [0.15, 0.2) is 0 Å². The number of amides is 1. The minimum absolute atomic E-state index is 0.0241. The summed E-state index contributed by atoms with van der Waals surface area (Å²) in [6, 6.07) is 6.47. The molecule has 1 amide bonds. The second-order valence-corrected chi connectivity index (χ2v) is 10.6. The lowest BCUT2D eigenvalue weighted by Crippen LogP contribution is -2.55. The van der Waals surface area contributed by atoms with Crippen LogP contribution < -0.4 is 10.2 Å². The van der Waals surface area contributed by atoms with Gasteiger partial charge in [-0.3, -0.25) is 9.48 Å². The zero-order chi connectivity index (χ0) is 27.2. The van der Waals surface area contributed by atoms with Crippen LogP contribution in [0.25, 0.3) is 11.3 Å². The van der Waals surface area contributed by atoms with Crippen molar-refractivity contribution in [1.82, 2.24) is 24.7 Å². The van der Waals surface area contributed by atoms with Crippen molar-refractivity contribution in [3.05, 3.63) is 48.2 Å². The van der Waals surface area contributed by atoms with Crippen LogP contribution in [0.15, 0.2) is 36.7 Å². The van der Waals surface area contributed by atoms with E-state index >= 15 is 0 Å². The summed E-state index contributed by atoms with van der Waals surface area (Å²) in [7, 11) is 0. The SMILES string of the molecule is C[C@@H]1CN(c2cc(NC(=O)c3cccc(-c4cnn(CC(F)(F)F)c4)n3)nc(C3CC3)n2)C[C@H](C)C1(C)O. The highest BCUT2D eigenvalue weighted by molar-refractivity contribution is 6.02. The minimum atomic E-state index is -4.39. The van der Waals surface area contributed by atoms with Gasteiger partial charge in [0.05, 0.1) is 17.5 Å². The van der Waals surface area contributed by atoms with Crippen molar-refractivity contribution in [3.63, 3.8) is 0 Å². The molecule has 3 aromatic heterocycles. The van der Waals surface area contributed by atoms with Crippen molar-refractivity contribution in [2.45, 2.75) is 57.9 Å². The van der Waals surface area contributed by atoms with Crippen LogP contribution in [0.1, 0.15) is 55.8 Å². The predicted octanol–water partition coefficient (Wildman–Crippen LogP) is 4.27. The Hall–Kier alpha value is -3.54. The lowest BCUT2D eigenvalue weighted by molar-refractivity contribution is -0.142. The number of carbonyl (C=O) groups excluding carboxylic acids is 1. The van der Waals surface area contributed by atoms with E-state index in [-0.39, 0.29) is 23.4 Å². The molecule has 2 N–H and O–H groups in total. The van der Waals surface area contributed by atoms with Crippen LogP contribution in [0, 0.1) is 11.8 Å². The van der Waals surface area contributed by atoms with Gasteiger partial charge in [0.2, 0.25) is 0 Å². The van der Waals surface area contributed by atoms with Crippen molar-refractivity contribution in [2.75, 3.05) is 23.3 Å². The molecule has 1 aliphatic heterocycles. The fourth-order valence-electron chi connectivity index (χ4n) is 4.65. The van der Waals surface area contributed by atoms with Gasteiger partial charge >= 0.3 is 6.18 Å². The minimum Gasteiger partial charge on any atom is -0.389 e. The van der Waals surface area contributed by atoms with Crippen LogP contribution in [-0.4, -0.2) is 60.6 Å². The highest BCUT2D eigenvalue weighted by atomic mass is 19.4. The Bertz CT molecular complexity index is 1320. The first-order valence-electron chi connectivity index (χ1n) is 12.6. The molecular weight excluding hydrogens is 499 g/mol. The van der Waals surface area contributed by atoms with Crippen LogP contribution in [0.3, 0.4) is 0 Å². The second-order valence-electron chi connectivity index (χ2n) is 10.6. The van der Waals surface area contributed by atoms with Gasteiger partial charge in [0.25, 0.3) is 5.91 Å². The highest BCUT2D eigenvalue weighted by Crippen LogP contribution is 2.40. The number of hydrogen-bond donors (Lipinski definition) is 2. The second kappa shape index (κ2) is 9.64. The topological polar surface area (TPSA) is 109 Å². The molecule has 2 aliphatic rings. The number of hydrogen-bond acceptors (Lipinski definition) is 7. The third-order valence-electron chi connectivity index (χ3n) is 7.47. The average Bonchev–Trinajstić information content (AvgIpc) is 3.61. The van der Waals surface area contributed by atoms with E-state index in [1.165, 1.54) is 18.5 Å². The van der Waals surface area contributed by atoms with Gasteiger partial charge in [-0.2, -0.15) is 18.3 Å². The van der Waals surface area contributed by atoms with Crippen LogP contribution in [-0.2, 0) is 6.54 Å². The number of aliphatic hydroxyl groups is 1. The molecule has 1 aliphatic carbocycles. The van der Waals surface area contributed by atoms with Crippen molar-refractivity contribution in [2.24, 2.45) is 11.8 Å². The van der Waals surface area contributed by atoms with Crippen LogP contribution in [0.5, 0.6) is 0 Å².